The number of hydrogen-bond donors (Lipinski definition) is 0. The monoisotopic (exact) mass is 184 g/mol. The van der Waals surface area contributed by atoms with Gasteiger partial charge in [-0.05, 0) is 22.6 Å². The van der Waals surface area contributed by atoms with Gasteiger partial charge in [-0.3, -0.25) is 0 Å². The Kier molecular flexibility index (Phi) is 2.16. The molecule has 0 unspecified atom stereocenters. The highest BCUT2D eigenvalue weighted by Crippen LogP contribution is 2.24. The van der Waals surface area contributed by atoms with Crippen molar-refractivity contribution in [2.24, 2.45) is 0 Å². The maximum absolute atomic E-state index is 5.30. The van der Waals surface area contributed by atoms with E-state index in [1.165, 1.54) is 11.1 Å². The Morgan fingerprint density at radius 3 is 2.46 bits per heavy atom. The van der Waals surface area contributed by atoms with Gasteiger partial charge >= 0.3 is 0 Å². The second kappa shape index (κ2) is 3.47. The number of benzene rings is 1. The molecule has 0 saturated heterocycles. The summed E-state index contributed by atoms with van der Waals surface area (Å²) in [5.74, 6) is 2.64. The van der Waals surface area contributed by atoms with Crippen LogP contribution in [0.5, 0.6) is 0 Å². The molecule has 13 heavy (non-hydrogen) atoms. The van der Waals surface area contributed by atoms with E-state index < -0.39 is 0 Å². The number of rotatable bonds is 1. The van der Waals surface area contributed by atoms with Gasteiger partial charge in [-0.25, -0.2) is 0 Å². The lowest BCUT2D eigenvalue weighted by atomic mass is 10.1. The van der Waals surface area contributed by atoms with Gasteiger partial charge in [-0.2, -0.15) is 0 Å². The van der Waals surface area contributed by atoms with Crippen molar-refractivity contribution in [1.82, 2.24) is 0 Å². The zero-order chi connectivity index (χ0) is 9.10. The molecule has 1 aromatic heterocycles. The SMILES string of the molecule is C#Cc1cc(-c2ccccc2)cs1. The summed E-state index contributed by atoms with van der Waals surface area (Å²) in [6, 6.07) is 12.3. The van der Waals surface area contributed by atoms with Gasteiger partial charge in [0, 0.05) is 0 Å². The quantitative estimate of drug-likeness (QED) is 0.596. The molecule has 0 saturated carbocycles. The van der Waals surface area contributed by atoms with E-state index in [0.717, 1.165) is 4.88 Å². The van der Waals surface area contributed by atoms with Crippen molar-refractivity contribution >= 4 is 11.3 Å². The van der Waals surface area contributed by atoms with Crippen LogP contribution in [0.1, 0.15) is 4.88 Å². The molecular weight excluding hydrogens is 176 g/mol. The third kappa shape index (κ3) is 1.63. The van der Waals surface area contributed by atoms with Crippen molar-refractivity contribution < 1.29 is 0 Å². The van der Waals surface area contributed by atoms with Crippen LogP contribution in [0.4, 0.5) is 0 Å². The number of terminal acetylenes is 1. The van der Waals surface area contributed by atoms with Crippen molar-refractivity contribution in [3.05, 3.63) is 46.7 Å². The van der Waals surface area contributed by atoms with E-state index >= 15 is 0 Å². The smallest absolute Gasteiger partial charge is 0.0772 e. The molecular formula is C12H8S. The van der Waals surface area contributed by atoms with Crippen LogP contribution >= 0.6 is 11.3 Å². The first-order valence-electron chi connectivity index (χ1n) is 4.01. The zero-order valence-electron chi connectivity index (χ0n) is 7.03. The summed E-state index contributed by atoms with van der Waals surface area (Å²) in [7, 11) is 0. The molecule has 0 amide bonds. The van der Waals surface area contributed by atoms with Crippen LogP contribution in [0.2, 0.25) is 0 Å². The van der Waals surface area contributed by atoms with Crippen LogP contribution in [0.25, 0.3) is 11.1 Å². The van der Waals surface area contributed by atoms with Gasteiger partial charge in [0.05, 0.1) is 4.88 Å². The normalized spacial score (nSPS) is 9.46. The first-order valence-corrected chi connectivity index (χ1v) is 4.88. The van der Waals surface area contributed by atoms with Gasteiger partial charge in [0.15, 0.2) is 0 Å². The molecule has 0 aliphatic carbocycles. The summed E-state index contributed by atoms with van der Waals surface area (Å²) in [5, 5.41) is 2.09. The van der Waals surface area contributed by atoms with Crippen LogP contribution in [-0.2, 0) is 0 Å². The van der Waals surface area contributed by atoms with E-state index in [-0.39, 0.29) is 0 Å². The summed E-state index contributed by atoms with van der Waals surface area (Å²) in [6.07, 6.45) is 5.30. The standard InChI is InChI=1S/C12H8S/c1-2-12-8-11(9-13-12)10-6-4-3-5-7-10/h1,3-9H. The summed E-state index contributed by atoms with van der Waals surface area (Å²) in [6.45, 7) is 0. The lowest BCUT2D eigenvalue weighted by Crippen LogP contribution is -1.70. The highest BCUT2D eigenvalue weighted by molar-refractivity contribution is 7.11. The minimum Gasteiger partial charge on any atom is -0.135 e. The van der Waals surface area contributed by atoms with Gasteiger partial charge < -0.3 is 0 Å². The molecule has 0 bridgehead atoms. The zero-order valence-corrected chi connectivity index (χ0v) is 7.84. The minimum absolute atomic E-state index is 0.985. The third-order valence-corrected chi connectivity index (χ3v) is 2.71. The Labute approximate surface area is 81.9 Å². The lowest BCUT2D eigenvalue weighted by molar-refractivity contribution is 1.67. The fraction of sp³-hybridized carbons (Fsp3) is 0. The van der Waals surface area contributed by atoms with E-state index in [1.807, 2.05) is 24.3 Å². The van der Waals surface area contributed by atoms with E-state index in [1.54, 1.807) is 11.3 Å². The average Bonchev–Trinajstić information content (AvgIpc) is 2.67. The Morgan fingerprint density at radius 2 is 1.85 bits per heavy atom. The van der Waals surface area contributed by atoms with Gasteiger partial charge in [-0.1, -0.05) is 36.3 Å². The van der Waals surface area contributed by atoms with Crippen molar-refractivity contribution in [2.75, 3.05) is 0 Å². The molecule has 0 aliphatic rings. The molecule has 1 heteroatoms. The van der Waals surface area contributed by atoms with Gasteiger partial charge in [-0.15, -0.1) is 17.8 Å². The Balaban J connectivity index is 2.43. The number of hydrogen-bond acceptors (Lipinski definition) is 1. The molecule has 0 N–H and O–H groups in total. The van der Waals surface area contributed by atoms with Gasteiger partial charge in [0.2, 0.25) is 0 Å². The fourth-order valence-corrected chi connectivity index (χ4v) is 1.92. The summed E-state index contributed by atoms with van der Waals surface area (Å²) >= 11 is 1.61. The summed E-state index contributed by atoms with van der Waals surface area (Å²) in [4.78, 5) is 0.985. The lowest BCUT2D eigenvalue weighted by Gasteiger charge is -1.93. The Bertz CT molecular complexity index is 432. The van der Waals surface area contributed by atoms with Crippen molar-refractivity contribution in [2.45, 2.75) is 0 Å². The predicted molar refractivity (Wildman–Crippen MR) is 57.7 cm³/mol. The second-order valence-corrected chi connectivity index (χ2v) is 3.62. The molecule has 1 heterocycles. The predicted octanol–water partition coefficient (Wildman–Crippen LogP) is 3.40. The molecule has 2 aromatic rings. The topological polar surface area (TPSA) is 0 Å². The summed E-state index contributed by atoms with van der Waals surface area (Å²) in [5.41, 5.74) is 2.43. The molecule has 0 atom stereocenters. The van der Waals surface area contributed by atoms with E-state index in [9.17, 15) is 0 Å². The van der Waals surface area contributed by atoms with Crippen LogP contribution in [0.15, 0.2) is 41.8 Å². The Hall–Kier alpha value is -1.52. The molecule has 62 valence electrons. The minimum atomic E-state index is 0.985. The Morgan fingerprint density at radius 1 is 1.08 bits per heavy atom. The van der Waals surface area contributed by atoms with Gasteiger partial charge in [0.25, 0.3) is 0 Å². The molecule has 0 spiro atoms. The van der Waals surface area contributed by atoms with Crippen LogP contribution in [-0.4, -0.2) is 0 Å². The number of thiophene rings is 1. The maximum Gasteiger partial charge on any atom is 0.0772 e. The first-order chi connectivity index (χ1) is 6.40. The van der Waals surface area contributed by atoms with Crippen LogP contribution in [0.3, 0.4) is 0 Å². The van der Waals surface area contributed by atoms with E-state index in [2.05, 4.69) is 23.4 Å². The highest BCUT2D eigenvalue weighted by Gasteiger charge is 1.98. The molecule has 0 fully saturated rings. The van der Waals surface area contributed by atoms with Crippen molar-refractivity contribution in [3.8, 4) is 23.5 Å². The first kappa shape index (κ1) is 8.10. The molecule has 0 radical (unpaired) electrons. The fourth-order valence-electron chi connectivity index (χ4n) is 1.19. The molecule has 2 rings (SSSR count). The van der Waals surface area contributed by atoms with Gasteiger partial charge in [0.1, 0.15) is 0 Å². The largest absolute Gasteiger partial charge is 0.135 e. The maximum atomic E-state index is 5.30. The van der Waals surface area contributed by atoms with Crippen molar-refractivity contribution in [1.29, 1.82) is 0 Å². The second-order valence-electron chi connectivity index (χ2n) is 2.71. The average molecular weight is 184 g/mol. The molecule has 0 nitrogen and oxygen atoms in total. The summed E-state index contributed by atoms with van der Waals surface area (Å²) < 4.78 is 0. The third-order valence-electron chi connectivity index (χ3n) is 1.85. The van der Waals surface area contributed by atoms with Crippen LogP contribution < -0.4 is 0 Å². The van der Waals surface area contributed by atoms with E-state index in [0.29, 0.717) is 0 Å². The molecule has 0 aliphatic heterocycles. The molecule has 1 aromatic carbocycles. The van der Waals surface area contributed by atoms with Crippen LogP contribution in [0, 0.1) is 12.3 Å². The van der Waals surface area contributed by atoms with Crippen molar-refractivity contribution in [3.63, 3.8) is 0 Å². The highest BCUT2D eigenvalue weighted by atomic mass is 32.1. The van der Waals surface area contributed by atoms with E-state index in [4.69, 9.17) is 6.42 Å².